The molecule has 0 spiro atoms. The molecule has 2 atom stereocenters. The number of rotatable bonds is 5. The first-order valence-corrected chi connectivity index (χ1v) is 7.00. The van der Waals surface area contributed by atoms with E-state index in [1.54, 1.807) is 0 Å². The molecule has 1 N–H and O–H groups in total. The summed E-state index contributed by atoms with van der Waals surface area (Å²) in [5, 5.41) is 3.26. The highest BCUT2D eigenvalue weighted by molar-refractivity contribution is 5.22. The van der Waals surface area contributed by atoms with E-state index in [9.17, 15) is 8.78 Å². The molecule has 0 aliphatic carbocycles. The van der Waals surface area contributed by atoms with Gasteiger partial charge in [0.2, 0.25) is 0 Å². The summed E-state index contributed by atoms with van der Waals surface area (Å²) in [6.07, 6.45) is 4.19. The van der Waals surface area contributed by atoms with Gasteiger partial charge in [0.15, 0.2) is 0 Å². The molecule has 1 fully saturated rings. The highest BCUT2D eigenvalue weighted by Crippen LogP contribution is 2.26. The van der Waals surface area contributed by atoms with E-state index in [-0.39, 0.29) is 12.1 Å². The molecule has 1 aliphatic rings. The van der Waals surface area contributed by atoms with Crippen molar-refractivity contribution in [2.45, 2.75) is 44.8 Å². The van der Waals surface area contributed by atoms with Gasteiger partial charge < -0.3 is 10.1 Å². The average molecular weight is 269 g/mol. The largest absolute Gasteiger partial charge is 0.378 e. The zero-order chi connectivity index (χ0) is 13.7. The fourth-order valence-electron chi connectivity index (χ4n) is 2.61. The van der Waals surface area contributed by atoms with Crippen molar-refractivity contribution in [2.24, 2.45) is 0 Å². The summed E-state index contributed by atoms with van der Waals surface area (Å²) in [7, 11) is 0. The van der Waals surface area contributed by atoms with Crippen molar-refractivity contribution in [3.63, 3.8) is 0 Å². The molecule has 0 amide bonds. The van der Waals surface area contributed by atoms with Gasteiger partial charge in [-0.25, -0.2) is 8.78 Å². The molecule has 4 heteroatoms. The summed E-state index contributed by atoms with van der Waals surface area (Å²) in [6, 6.07) is 3.67. The third-order valence-corrected chi connectivity index (χ3v) is 3.56. The van der Waals surface area contributed by atoms with E-state index in [1.807, 2.05) is 6.92 Å². The minimum absolute atomic E-state index is 0.117. The SMILES string of the molecule is CCNC(CC1CCCCO1)c1ccc(F)cc1F. The number of benzene rings is 1. The first-order chi connectivity index (χ1) is 9.20. The lowest BCUT2D eigenvalue weighted by Crippen LogP contribution is -2.29. The van der Waals surface area contributed by atoms with Crippen LogP contribution in [0, 0.1) is 11.6 Å². The fraction of sp³-hybridized carbons (Fsp3) is 0.600. The van der Waals surface area contributed by atoms with E-state index >= 15 is 0 Å². The van der Waals surface area contributed by atoms with Crippen molar-refractivity contribution in [1.29, 1.82) is 0 Å². The van der Waals surface area contributed by atoms with Gasteiger partial charge in [0, 0.05) is 24.3 Å². The maximum absolute atomic E-state index is 13.9. The van der Waals surface area contributed by atoms with Crippen molar-refractivity contribution in [3.8, 4) is 0 Å². The van der Waals surface area contributed by atoms with Crippen LogP contribution in [0.3, 0.4) is 0 Å². The smallest absolute Gasteiger partial charge is 0.130 e. The fourth-order valence-corrected chi connectivity index (χ4v) is 2.61. The molecular formula is C15H21F2NO. The summed E-state index contributed by atoms with van der Waals surface area (Å²) < 4.78 is 32.5. The Morgan fingerprint density at radius 1 is 1.37 bits per heavy atom. The summed E-state index contributed by atoms with van der Waals surface area (Å²) in [5.74, 6) is -1.02. The second-order valence-electron chi connectivity index (χ2n) is 5.00. The third-order valence-electron chi connectivity index (χ3n) is 3.56. The molecule has 0 radical (unpaired) electrons. The van der Waals surface area contributed by atoms with E-state index in [0.29, 0.717) is 5.56 Å². The average Bonchev–Trinajstić information content (AvgIpc) is 2.39. The first-order valence-electron chi connectivity index (χ1n) is 7.00. The molecule has 2 unspecified atom stereocenters. The maximum Gasteiger partial charge on any atom is 0.130 e. The molecule has 19 heavy (non-hydrogen) atoms. The standard InChI is InChI=1S/C15H21F2NO/c1-2-18-15(10-12-5-3-4-8-19-12)13-7-6-11(16)9-14(13)17/h6-7,9,12,15,18H,2-5,8,10H2,1H3. The Labute approximate surface area is 113 Å². The Hall–Kier alpha value is -1.00. The van der Waals surface area contributed by atoms with Crippen molar-refractivity contribution in [3.05, 3.63) is 35.4 Å². The van der Waals surface area contributed by atoms with E-state index in [1.165, 1.54) is 12.1 Å². The van der Waals surface area contributed by atoms with Crippen molar-refractivity contribution >= 4 is 0 Å². The van der Waals surface area contributed by atoms with Crippen LogP contribution >= 0.6 is 0 Å². The van der Waals surface area contributed by atoms with Crippen LogP contribution in [0.5, 0.6) is 0 Å². The van der Waals surface area contributed by atoms with Gasteiger partial charge in [-0.3, -0.25) is 0 Å². The Balaban J connectivity index is 2.09. The Bertz CT molecular complexity index is 405. The predicted octanol–water partition coefficient (Wildman–Crippen LogP) is 3.57. The van der Waals surface area contributed by atoms with Gasteiger partial charge in [-0.15, -0.1) is 0 Å². The lowest BCUT2D eigenvalue weighted by molar-refractivity contribution is 0.00494. The second-order valence-corrected chi connectivity index (χ2v) is 5.00. The lowest BCUT2D eigenvalue weighted by Gasteiger charge is -2.28. The molecule has 2 rings (SSSR count). The molecule has 1 aromatic carbocycles. The summed E-state index contributed by atoms with van der Waals surface area (Å²) in [4.78, 5) is 0. The highest BCUT2D eigenvalue weighted by Gasteiger charge is 2.22. The minimum atomic E-state index is -0.537. The van der Waals surface area contributed by atoms with Gasteiger partial charge in [0.1, 0.15) is 11.6 Å². The number of halogens is 2. The normalized spacial score (nSPS) is 21.3. The Kier molecular flexibility index (Phi) is 5.28. The molecule has 0 saturated carbocycles. The van der Waals surface area contributed by atoms with Crippen molar-refractivity contribution in [1.82, 2.24) is 5.32 Å². The molecule has 2 nitrogen and oxygen atoms in total. The molecule has 1 aromatic rings. The zero-order valence-electron chi connectivity index (χ0n) is 11.3. The molecule has 106 valence electrons. The van der Waals surface area contributed by atoms with Crippen LogP contribution in [-0.4, -0.2) is 19.3 Å². The molecule has 0 aromatic heterocycles. The number of nitrogens with one attached hydrogen (secondary N) is 1. The van der Waals surface area contributed by atoms with Crippen LogP contribution in [-0.2, 0) is 4.74 Å². The van der Waals surface area contributed by atoms with Gasteiger partial charge in [0.05, 0.1) is 6.10 Å². The summed E-state index contributed by atoms with van der Waals surface area (Å²) >= 11 is 0. The lowest BCUT2D eigenvalue weighted by atomic mass is 9.96. The summed E-state index contributed by atoms with van der Waals surface area (Å²) in [6.45, 7) is 3.51. The highest BCUT2D eigenvalue weighted by atomic mass is 19.1. The monoisotopic (exact) mass is 269 g/mol. The zero-order valence-corrected chi connectivity index (χ0v) is 11.3. The molecule has 0 bridgehead atoms. The van der Waals surface area contributed by atoms with E-state index < -0.39 is 11.6 Å². The van der Waals surface area contributed by atoms with Crippen LogP contribution in [0.15, 0.2) is 18.2 Å². The van der Waals surface area contributed by atoms with Gasteiger partial charge in [0.25, 0.3) is 0 Å². The van der Waals surface area contributed by atoms with E-state index in [4.69, 9.17) is 4.74 Å². The van der Waals surface area contributed by atoms with Crippen LogP contribution in [0.4, 0.5) is 8.78 Å². The number of hydrogen-bond acceptors (Lipinski definition) is 2. The third kappa shape index (κ3) is 3.98. The van der Waals surface area contributed by atoms with E-state index in [0.717, 1.165) is 44.9 Å². The van der Waals surface area contributed by atoms with Crippen LogP contribution < -0.4 is 5.32 Å². The molecule has 1 saturated heterocycles. The van der Waals surface area contributed by atoms with Gasteiger partial charge in [-0.2, -0.15) is 0 Å². The van der Waals surface area contributed by atoms with Crippen molar-refractivity contribution in [2.75, 3.05) is 13.2 Å². The first kappa shape index (κ1) is 14.4. The Morgan fingerprint density at radius 2 is 2.21 bits per heavy atom. The van der Waals surface area contributed by atoms with E-state index in [2.05, 4.69) is 5.32 Å². The molecular weight excluding hydrogens is 248 g/mol. The van der Waals surface area contributed by atoms with Gasteiger partial charge >= 0.3 is 0 Å². The number of hydrogen-bond donors (Lipinski definition) is 1. The van der Waals surface area contributed by atoms with Crippen LogP contribution in [0.2, 0.25) is 0 Å². The van der Waals surface area contributed by atoms with Crippen LogP contribution in [0.25, 0.3) is 0 Å². The summed E-state index contributed by atoms with van der Waals surface area (Å²) in [5.41, 5.74) is 0.525. The van der Waals surface area contributed by atoms with Crippen molar-refractivity contribution < 1.29 is 13.5 Å². The topological polar surface area (TPSA) is 21.3 Å². The van der Waals surface area contributed by atoms with Gasteiger partial charge in [-0.1, -0.05) is 13.0 Å². The van der Waals surface area contributed by atoms with Gasteiger partial charge in [-0.05, 0) is 38.3 Å². The Morgan fingerprint density at radius 3 is 2.84 bits per heavy atom. The predicted molar refractivity (Wildman–Crippen MR) is 71.0 cm³/mol. The minimum Gasteiger partial charge on any atom is -0.378 e. The maximum atomic E-state index is 13.9. The number of ether oxygens (including phenoxy) is 1. The quantitative estimate of drug-likeness (QED) is 0.882. The van der Waals surface area contributed by atoms with Crippen LogP contribution in [0.1, 0.15) is 44.2 Å². The second kappa shape index (κ2) is 6.96. The molecule has 1 aliphatic heterocycles. The molecule has 1 heterocycles.